The number of urea groups is 1. The number of aromatic nitrogens is 2. The Balaban J connectivity index is 1.42. The summed E-state index contributed by atoms with van der Waals surface area (Å²) < 4.78 is 0. The van der Waals surface area contributed by atoms with Crippen LogP contribution in [0.2, 0.25) is 0 Å². The molecule has 0 radical (unpaired) electrons. The lowest BCUT2D eigenvalue weighted by atomic mass is 9.97. The summed E-state index contributed by atoms with van der Waals surface area (Å²) in [7, 11) is 0. The summed E-state index contributed by atoms with van der Waals surface area (Å²) in [5.41, 5.74) is 3.44. The number of nitrogens with zero attached hydrogens (tertiary/aromatic N) is 2. The highest BCUT2D eigenvalue weighted by atomic mass is 32.2. The number of carbonyl (C=O) groups is 3. The fourth-order valence-electron chi connectivity index (χ4n) is 3.31. The van der Waals surface area contributed by atoms with Crippen LogP contribution in [0.3, 0.4) is 0 Å². The summed E-state index contributed by atoms with van der Waals surface area (Å²) in [6, 6.07) is -0.645. The van der Waals surface area contributed by atoms with Crippen LogP contribution in [0.15, 0.2) is 4.79 Å². The Morgan fingerprint density at radius 3 is 2.86 bits per heavy atom. The largest absolute Gasteiger partial charge is 0.343 e. The number of imide groups is 1. The van der Waals surface area contributed by atoms with E-state index >= 15 is 0 Å². The van der Waals surface area contributed by atoms with E-state index in [9.17, 15) is 19.2 Å². The first-order chi connectivity index (χ1) is 13.4. The van der Waals surface area contributed by atoms with E-state index in [1.807, 2.05) is 0 Å². The summed E-state index contributed by atoms with van der Waals surface area (Å²) in [6.07, 6.45) is 4.18. The number of carbonyl (C=O) groups excluding carboxylic acids is 3. The van der Waals surface area contributed by atoms with Gasteiger partial charge < -0.3 is 4.98 Å². The topological polar surface area (TPSA) is 124 Å². The maximum atomic E-state index is 12.5. The highest BCUT2D eigenvalue weighted by Gasteiger charge is 2.29. The molecule has 3 heterocycles. The fourth-order valence-corrected chi connectivity index (χ4v) is 5.34. The van der Waals surface area contributed by atoms with E-state index in [1.54, 1.807) is 18.3 Å². The Hall–Kier alpha value is -2.40. The highest BCUT2D eigenvalue weighted by Crippen LogP contribution is 2.33. The molecule has 0 bridgehead atoms. The molecule has 11 heteroatoms. The van der Waals surface area contributed by atoms with E-state index in [1.165, 1.54) is 16.6 Å². The molecule has 2 aromatic heterocycles. The minimum Gasteiger partial charge on any atom is -0.309 e. The second-order valence-corrected chi connectivity index (χ2v) is 9.19. The summed E-state index contributed by atoms with van der Waals surface area (Å²) in [5.74, 6) is 0.0204. The molecular weight excluding hydrogens is 402 g/mol. The second kappa shape index (κ2) is 7.55. The molecule has 9 nitrogen and oxygen atoms in total. The van der Waals surface area contributed by atoms with Gasteiger partial charge in [-0.2, -0.15) is 0 Å². The van der Waals surface area contributed by atoms with Crippen LogP contribution in [-0.4, -0.2) is 44.6 Å². The van der Waals surface area contributed by atoms with Gasteiger partial charge in [0.15, 0.2) is 0 Å². The van der Waals surface area contributed by atoms with Crippen LogP contribution in [0.1, 0.15) is 36.0 Å². The van der Waals surface area contributed by atoms with Crippen molar-refractivity contribution in [3.05, 3.63) is 26.6 Å². The van der Waals surface area contributed by atoms with Crippen molar-refractivity contribution in [2.24, 2.45) is 0 Å². The fraction of sp³-hybridized carbons (Fsp3) is 0.471. The number of fused-ring (bicyclic) bond motifs is 3. The van der Waals surface area contributed by atoms with Crippen molar-refractivity contribution in [1.29, 1.82) is 0 Å². The Morgan fingerprint density at radius 1 is 1.32 bits per heavy atom. The van der Waals surface area contributed by atoms with E-state index in [2.05, 4.69) is 20.7 Å². The van der Waals surface area contributed by atoms with Gasteiger partial charge in [0.1, 0.15) is 17.2 Å². The number of aryl methyl sites for hydroxylation is 2. The number of thiophene rings is 1. The van der Waals surface area contributed by atoms with E-state index in [0.717, 1.165) is 41.1 Å². The Bertz CT molecular complexity index is 1030. The molecule has 1 fully saturated rings. The van der Waals surface area contributed by atoms with Gasteiger partial charge in [-0.1, -0.05) is 0 Å². The Morgan fingerprint density at radius 2 is 2.11 bits per heavy atom. The minimum atomic E-state index is -0.645. The van der Waals surface area contributed by atoms with Crippen molar-refractivity contribution in [2.45, 2.75) is 43.6 Å². The average Bonchev–Trinajstić information content (AvgIpc) is 3.18. The molecule has 0 unspecified atom stereocenters. The van der Waals surface area contributed by atoms with Gasteiger partial charge in [-0.25, -0.2) is 14.8 Å². The summed E-state index contributed by atoms with van der Waals surface area (Å²) in [4.78, 5) is 56.9. The number of amides is 4. The standard InChI is InChI=1S/C17H19N5O4S2/c1-8(14(24)21-22-6-12(23)20-17(22)26)27-7-11-18-15(25)13-9-4-2-3-5-10(9)28-16(13)19-11/h8H,2-7H2,1H3,(H,21,24)(H,18,19,25)(H,20,23,26)/t8-/m1/s1. The molecule has 0 saturated carbocycles. The second-order valence-electron chi connectivity index (χ2n) is 6.77. The normalized spacial score (nSPS) is 17.5. The van der Waals surface area contributed by atoms with Crippen LogP contribution >= 0.6 is 23.1 Å². The molecule has 1 aliphatic heterocycles. The number of hydrogen-bond acceptors (Lipinski definition) is 7. The molecule has 4 rings (SSSR count). The van der Waals surface area contributed by atoms with Crippen molar-refractivity contribution in [3.63, 3.8) is 0 Å². The van der Waals surface area contributed by atoms with Gasteiger partial charge in [0, 0.05) is 4.88 Å². The van der Waals surface area contributed by atoms with Crippen molar-refractivity contribution in [3.8, 4) is 0 Å². The summed E-state index contributed by atoms with van der Waals surface area (Å²) in [6.45, 7) is 1.49. The van der Waals surface area contributed by atoms with Crippen LogP contribution in [0.5, 0.6) is 0 Å². The van der Waals surface area contributed by atoms with Crippen LogP contribution < -0.4 is 16.3 Å². The van der Waals surface area contributed by atoms with Crippen molar-refractivity contribution < 1.29 is 14.4 Å². The van der Waals surface area contributed by atoms with Gasteiger partial charge >= 0.3 is 6.03 Å². The number of hydrazine groups is 1. The summed E-state index contributed by atoms with van der Waals surface area (Å²) >= 11 is 2.88. The van der Waals surface area contributed by atoms with Gasteiger partial charge in [0.05, 0.1) is 16.4 Å². The molecule has 0 aromatic carbocycles. The predicted octanol–water partition coefficient (Wildman–Crippen LogP) is 1.07. The molecule has 3 N–H and O–H groups in total. The molecule has 0 spiro atoms. The lowest BCUT2D eigenvalue weighted by molar-refractivity contribution is -0.124. The lowest BCUT2D eigenvalue weighted by Crippen LogP contribution is -2.47. The predicted molar refractivity (Wildman–Crippen MR) is 106 cm³/mol. The lowest BCUT2D eigenvalue weighted by Gasteiger charge is -2.17. The van der Waals surface area contributed by atoms with Crippen LogP contribution in [0.4, 0.5) is 4.79 Å². The SMILES string of the molecule is C[C@@H](SCc1nc2sc3c(c2c(=O)[nH]1)CCCC3)C(=O)NN1CC(=O)NC1=O. The number of rotatable bonds is 5. The molecule has 2 aliphatic rings. The molecule has 1 atom stereocenters. The monoisotopic (exact) mass is 421 g/mol. The van der Waals surface area contributed by atoms with Crippen LogP contribution in [0, 0.1) is 0 Å². The van der Waals surface area contributed by atoms with Crippen molar-refractivity contribution in [2.75, 3.05) is 6.54 Å². The van der Waals surface area contributed by atoms with Crippen molar-refractivity contribution in [1.82, 2.24) is 25.7 Å². The van der Waals surface area contributed by atoms with E-state index in [-0.39, 0.29) is 12.1 Å². The molecule has 4 amide bonds. The minimum absolute atomic E-state index is 0.121. The van der Waals surface area contributed by atoms with Gasteiger partial charge in [-0.3, -0.25) is 25.1 Å². The smallest absolute Gasteiger partial charge is 0.309 e. The molecule has 1 aliphatic carbocycles. The zero-order valence-electron chi connectivity index (χ0n) is 15.2. The quantitative estimate of drug-likeness (QED) is 0.621. The molecule has 28 heavy (non-hydrogen) atoms. The summed E-state index contributed by atoms with van der Waals surface area (Å²) in [5, 5.41) is 3.25. The van der Waals surface area contributed by atoms with Gasteiger partial charge in [-0.05, 0) is 38.2 Å². The highest BCUT2D eigenvalue weighted by molar-refractivity contribution is 7.99. The van der Waals surface area contributed by atoms with E-state index in [0.29, 0.717) is 17.0 Å². The maximum Gasteiger partial charge on any atom is 0.343 e. The first kappa shape index (κ1) is 18.9. The molecule has 1 saturated heterocycles. The average molecular weight is 422 g/mol. The van der Waals surface area contributed by atoms with Gasteiger partial charge in [0.2, 0.25) is 5.91 Å². The third kappa shape index (κ3) is 3.63. The Labute approximate surface area is 168 Å². The van der Waals surface area contributed by atoms with E-state index < -0.39 is 23.1 Å². The molecule has 148 valence electrons. The first-order valence-corrected chi connectivity index (χ1v) is 10.9. The first-order valence-electron chi connectivity index (χ1n) is 8.99. The molecule has 2 aromatic rings. The van der Waals surface area contributed by atoms with Gasteiger partial charge in [-0.15, -0.1) is 23.1 Å². The number of H-pyrrole nitrogens is 1. The zero-order valence-corrected chi connectivity index (χ0v) is 16.8. The van der Waals surface area contributed by atoms with Crippen LogP contribution in [-0.2, 0) is 28.2 Å². The molecular formula is C17H19N5O4S2. The van der Waals surface area contributed by atoms with Crippen molar-refractivity contribution >= 4 is 51.2 Å². The number of aromatic amines is 1. The number of nitrogens with one attached hydrogen (secondary N) is 3. The number of hydrogen-bond donors (Lipinski definition) is 3. The maximum absolute atomic E-state index is 12.5. The van der Waals surface area contributed by atoms with Gasteiger partial charge in [0.25, 0.3) is 11.5 Å². The Kier molecular flexibility index (Phi) is 5.11. The number of thioether (sulfide) groups is 1. The van der Waals surface area contributed by atoms with E-state index in [4.69, 9.17) is 0 Å². The zero-order chi connectivity index (χ0) is 19.8. The third-order valence-corrected chi connectivity index (χ3v) is 7.09. The van der Waals surface area contributed by atoms with Crippen LogP contribution in [0.25, 0.3) is 10.2 Å². The third-order valence-electron chi connectivity index (χ3n) is 4.75.